The van der Waals surface area contributed by atoms with Crippen molar-refractivity contribution in [2.24, 2.45) is 0 Å². The van der Waals surface area contributed by atoms with E-state index in [-0.39, 0.29) is 5.91 Å². The van der Waals surface area contributed by atoms with Crippen LogP contribution in [-0.4, -0.2) is 25.1 Å². The number of rotatable bonds is 5. The van der Waals surface area contributed by atoms with E-state index in [1.165, 1.54) is 4.88 Å². The molecule has 0 radical (unpaired) electrons. The Kier molecular flexibility index (Phi) is 4.85. The summed E-state index contributed by atoms with van der Waals surface area (Å²) < 4.78 is 16.7. The number of para-hydroxylation sites is 1. The minimum Gasteiger partial charge on any atom is -0.493 e. The van der Waals surface area contributed by atoms with Gasteiger partial charge < -0.3 is 19.2 Å². The van der Waals surface area contributed by atoms with Crippen molar-refractivity contribution in [2.75, 3.05) is 14.2 Å². The molecule has 0 fully saturated rings. The van der Waals surface area contributed by atoms with E-state index in [4.69, 9.17) is 13.9 Å². The molecule has 7 heteroatoms. The lowest BCUT2D eigenvalue weighted by atomic mass is 9.97. The molecule has 0 saturated heterocycles. The molecule has 0 atom stereocenters. The number of aromatic nitrogens is 1. The van der Waals surface area contributed by atoms with Gasteiger partial charge in [-0.15, -0.1) is 11.3 Å². The van der Waals surface area contributed by atoms with Gasteiger partial charge in [-0.1, -0.05) is 12.1 Å². The first-order valence-corrected chi connectivity index (χ1v) is 9.92. The monoisotopic (exact) mass is 398 g/mol. The van der Waals surface area contributed by atoms with Gasteiger partial charge in [0.05, 0.1) is 24.9 Å². The highest BCUT2D eigenvalue weighted by molar-refractivity contribution is 7.12. The van der Waals surface area contributed by atoms with Crippen LogP contribution in [-0.2, 0) is 19.4 Å². The number of furan rings is 1. The topological polar surface area (TPSA) is 73.6 Å². The lowest BCUT2D eigenvalue weighted by Crippen LogP contribution is -2.23. The van der Waals surface area contributed by atoms with Crippen molar-refractivity contribution in [1.82, 2.24) is 10.3 Å². The number of ether oxygens (including phenoxy) is 2. The Morgan fingerprint density at radius 2 is 2.07 bits per heavy atom. The number of fused-ring (bicyclic) bond motifs is 3. The number of nitrogens with one attached hydrogen (secondary N) is 1. The van der Waals surface area contributed by atoms with Gasteiger partial charge in [0, 0.05) is 34.5 Å². The molecule has 2 aromatic heterocycles. The van der Waals surface area contributed by atoms with Gasteiger partial charge in [-0.05, 0) is 26.3 Å². The number of methoxy groups -OCH3 is 2. The Morgan fingerprint density at radius 1 is 1.25 bits per heavy atom. The van der Waals surface area contributed by atoms with Crippen molar-refractivity contribution in [2.45, 2.75) is 33.2 Å². The Hall–Kier alpha value is -2.80. The van der Waals surface area contributed by atoms with Crippen molar-refractivity contribution in [3.05, 3.63) is 50.7 Å². The second-order valence-electron chi connectivity index (χ2n) is 6.69. The smallest absolute Gasteiger partial charge is 0.287 e. The molecule has 28 heavy (non-hydrogen) atoms. The van der Waals surface area contributed by atoms with Gasteiger partial charge >= 0.3 is 0 Å². The summed E-state index contributed by atoms with van der Waals surface area (Å²) in [5.74, 6) is 2.20. The number of carbonyl (C=O) groups is 1. The zero-order valence-electron chi connectivity index (χ0n) is 16.3. The number of hydrogen-bond donors (Lipinski definition) is 1. The molecule has 1 N–H and O–H groups in total. The van der Waals surface area contributed by atoms with Gasteiger partial charge in [0.15, 0.2) is 17.3 Å². The third-order valence-electron chi connectivity index (χ3n) is 4.97. The van der Waals surface area contributed by atoms with E-state index in [9.17, 15) is 4.79 Å². The summed E-state index contributed by atoms with van der Waals surface area (Å²) in [6.07, 6.45) is 1.70. The molecule has 1 amide bonds. The zero-order valence-corrected chi connectivity index (χ0v) is 17.2. The van der Waals surface area contributed by atoms with Crippen molar-refractivity contribution in [3.63, 3.8) is 0 Å². The van der Waals surface area contributed by atoms with Crippen molar-refractivity contribution >= 4 is 17.2 Å². The third kappa shape index (κ3) is 3.05. The maximum atomic E-state index is 12.8. The Labute approximate surface area is 167 Å². The number of aryl methyl sites for hydroxylation is 3. The molecule has 1 aromatic carbocycles. The van der Waals surface area contributed by atoms with Crippen LogP contribution in [0, 0.1) is 13.8 Å². The van der Waals surface area contributed by atoms with E-state index < -0.39 is 0 Å². The van der Waals surface area contributed by atoms with Crippen LogP contribution in [0.15, 0.2) is 22.6 Å². The highest BCUT2D eigenvalue weighted by atomic mass is 32.1. The minimum atomic E-state index is -0.245. The zero-order chi connectivity index (χ0) is 19.8. The number of nitrogens with zero attached hydrogens (tertiary/aromatic N) is 1. The summed E-state index contributed by atoms with van der Waals surface area (Å²) in [5.41, 5.74) is 3.63. The normalized spacial score (nSPS) is 12.3. The molecule has 146 valence electrons. The quantitative estimate of drug-likeness (QED) is 0.701. The molecular weight excluding hydrogens is 376 g/mol. The summed E-state index contributed by atoms with van der Waals surface area (Å²) in [6.45, 7) is 4.24. The Bertz CT molecular complexity index is 1050. The van der Waals surface area contributed by atoms with E-state index >= 15 is 0 Å². The van der Waals surface area contributed by atoms with Crippen molar-refractivity contribution < 1.29 is 18.7 Å². The van der Waals surface area contributed by atoms with Crippen molar-refractivity contribution in [3.8, 4) is 22.8 Å². The summed E-state index contributed by atoms with van der Waals surface area (Å²) in [4.78, 5) is 18.8. The minimum absolute atomic E-state index is 0.245. The molecule has 0 unspecified atom stereocenters. The molecule has 0 spiro atoms. The van der Waals surface area contributed by atoms with E-state index in [0.717, 1.165) is 46.0 Å². The van der Waals surface area contributed by atoms with Gasteiger partial charge in [0.1, 0.15) is 5.76 Å². The highest BCUT2D eigenvalue weighted by Crippen LogP contribution is 2.40. The molecule has 0 bridgehead atoms. The number of thiazole rings is 1. The lowest BCUT2D eigenvalue weighted by Gasteiger charge is -2.12. The number of hydrogen-bond acceptors (Lipinski definition) is 6. The number of benzene rings is 1. The molecule has 1 aliphatic carbocycles. The molecule has 0 saturated carbocycles. The first kappa shape index (κ1) is 18.6. The molecule has 4 rings (SSSR count). The molecule has 1 aliphatic rings. The molecule has 0 aliphatic heterocycles. The third-order valence-corrected chi connectivity index (χ3v) is 6.00. The molecule has 3 aromatic rings. The van der Waals surface area contributed by atoms with E-state index in [1.54, 1.807) is 25.6 Å². The average Bonchev–Trinajstić information content (AvgIpc) is 3.24. The van der Waals surface area contributed by atoms with Gasteiger partial charge in [0.25, 0.3) is 5.91 Å². The molecular formula is C21H22N2O4S. The van der Waals surface area contributed by atoms with Crippen LogP contribution in [0.25, 0.3) is 11.3 Å². The highest BCUT2D eigenvalue weighted by Gasteiger charge is 2.29. The van der Waals surface area contributed by atoms with Crippen molar-refractivity contribution in [1.29, 1.82) is 0 Å². The second-order valence-corrected chi connectivity index (χ2v) is 7.98. The number of amides is 1. The fourth-order valence-electron chi connectivity index (χ4n) is 3.69. The summed E-state index contributed by atoms with van der Waals surface area (Å²) in [6, 6.07) is 5.58. The van der Waals surface area contributed by atoms with Crippen LogP contribution in [0.1, 0.15) is 37.3 Å². The predicted molar refractivity (Wildman–Crippen MR) is 107 cm³/mol. The summed E-state index contributed by atoms with van der Waals surface area (Å²) >= 11 is 1.72. The molecule has 6 nitrogen and oxygen atoms in total. The summed E-state index contributed by atoms with van der Waals surface area (Å²) in [7, 11) is 3.17. The first-order chi connectivity index (χ1) is 13.5. The fourth-order valence-corrected chi connectivity index (χ4v) is 4.63. The summed E-state index contributed by atoms with van der Waals surface area (Å²) in [5, 5.41) is 3.97. The van der Waals surface area contributed by atoms with E-state index in [0.29, 0.717) is 23.8 Å². The van der Waals surface area contributed by atoms with Crippen LogP contribution in [0.2, 0.25) is 0 Å². The van der Waals surface area contributed by atoms with Crippen LogP contribution in [0.3, 0.4) is 0 Å². The lowest BCUT2D eigenvalue weighted by molar-refractivity contribution is 0.0920. The first-order valence-electron chi connectivity index (χ1n) is 9.10. The Balaban J connectivity index is 1.59. The van der Waals surface area contributed by atoms with Crippen LogP contribution >= 0.6 is 11.3 Å². The Morgan fingerprint density at radius 3 is 2.82 bits per heavy atom. The number of carbonyl (C=O) groups excluding carboxylic acids is 1. The van der Waals surface area contributed by atoms with Crippen LogP contribution in [0.5, 0.6) is 11.5 Å². The average molecular weight is 398 g/mol. The van der Waals surface area contributed by atoms with E-state index in [2.05, 4.69) is 10.3 Å². The maximum Gasteiger partial charge on any atom is 0.287 e. The standard InChI is InChI=1S/C21H22N2O4S/c1-11-17-14(8-9-16-18(17)23-12(2)28-16)27-19(11)21(24)22-10-13-6-5-7-15(25-3)20(13)26-4/h5-7H,8-10H2,1-4H3,(H,22,24). The van der Waals surface area contributed by atoms with E-state index in [1.807, 2.05) is 32.0 Å². The maximum absolute atomic E-state index is 12.8. The predicted octanol–water partition coefficient (Wildman–Crippen LogP) is 4.07. The second kappa shape index (κ2) is 7.31. The van der Waals surface area contributed by atoms with Gasteiger partial charge in [0.2, 0.25) is 0 Å². The van der Waals surface area contributed by atoms with Crippen LogP contribution < -0.4 is 14.8 Å². The largest absolute Gasteiger partial charge is 0.493 e. The fraction of sp³-hybridized carbons (Fsp3) is 0.333. The SMILES string of the molecule is COc1cccc(CNC(=O)c2oc3c(c2C)-c2nc(C)sc2CC3)c1OC. The van der Waals surface area contributed by atoms with Gasteiger partial charge in [-0.3, -0.25) is 4.79 Å². The molecule has 2 heterocycles. The van der Waals surface area contributed by atoms with Gasteiger partial charge in [-0.2, -0.15) is 0 Å². The van der Waals surface area contributed by atoms with Crippen LogP contribution in [0.4, 0.5) is 0 Å². The van der Waals surface area contributed by atoms with Gasteiger partial charge in [-0.25, -0.2) is 4.98 Å².